The van der Waals surface area contributed by atoms with E-state index >= 15 is 0 Å². The molecule has 4 aromatic rings. The van der Waals surface area contributed by atoms with E-state index in [9.17, 15) is 18.4 Å². The zero-order valence-corrected chi connectivity index (χ0v) is 15.1. The van der Waals surface area contributed by atoms with E-state index in [-0.39, 0.29) is 23.5 Å². The van der Waals surface area contributed by atoms with E-state index in [4.69, 9.17) is 0 Å². The van der Waals surface area contributed by atoms with Gasteiger partial charge in [-0.25, -0.2) is 13.5 Å². The SMILES string of the molecule is O=C(Nc1ccc(F)c(F)c1)c1nn(Cc2ccccc2)c(=O)c2ccccc12. The van der Waals surface area contributed by atoms with Crippen LogP contribution in [-0.4, -0.2) is 15.7 Å². The van der Waals surface area contributed by atoms with E-state index in [0.29, 0.717) is 10.8 Å². The fourth-order valence-electron chi connectivity index (χ4n) is 3.03. The number of rotatable bonds is 4. The molecule has 29 heavy (non-hydrogen) atoms. The lowest BCUT2D eigenvalue weighted by Crippen LogP contribution is -2.28. The van der Waals surface area contributed by atoms with Crippen LogP contribution < -0.4 is 10.9 Å². The van der Waals surface area contributed by atoms with Crippen LogP contribution in [0.2, 0.25) is 0 Å². The number of amides is 1. The zero-order valence-electron chi connectivity index (χ0n) is 15.1. The Morgan fingerprint density at radius 3 is 2.31 bits per heavy atom. The molecule has 4 rings (SSSR count). The molecule has 0 aliphatic carbocycles. The summed E-state index contributed by atoms with van der Waals surface area (Å²) in [6.07, 6.45) is 0. The summed E-state index contributed by atoms with van der Waals surface area (Å²) >= 11 is 0. The van der Waals surface area contributed by atoms with Gasteiger partial charge in [0.15, 0.2) is 17.3 Å². The maximum Gasteiger partial charge on any atom is 0.276 e. The summed E-state index contributed by atoms with van der Waals surface area (Å²) in [7, 11) is 0. The molecule has 0 unspecified atom stereocenters. The minimum atomic E-state index is -1.07. The third-order valence-electron chi connectivity index (χ3n) is 4.44. The van der Waals surface area contributed by atoms with Gasteiger partial charge in [0.2, 0.25) is 0 Å². The van der Waals surface area contributed by atoms with Gasteiger partial charge in [0.05, 0.1) is 11.9 Å². The highest BCUT2D eigenvalue weighted by atomic mass is 19.2. The van der Waals surface area contributed by atoms with Crippen LogP contribution in [0.1, 0.15) is 16.1 Å². The van der Waals surface area contributed by atoms with Gasteiger partial charge < -0.3 is 5.32 Å². The lowest BCUT2D eigenvalue weighted by atomic mass is 10.1. The molecule has 7 heteroatoms. The second-order valence-corrected chi connectivity index (χ2v) is 6.43. The predicted octanol–water partition coefficient (Wildman–Crippen LogP) is 3.98. The first kappa shape index (κ1) is 18.5. The Kier molecular flexibility index (Phi) is 4.87. The highest BCUT2D eigenvalue weighted by molar-refractivity contribution is 6.11. The molecule has 3 aromatic carbocycles. The monoisotopic (exact) mass is 391 g/mol. The van der Waals surface area contributed by atoms with Crippen molar-refractivity contribution >= 4 is 22.4 Å². The Morgan fingerprint density at radius 1 is 0.897 bits per heavy atom. The molecular formula is C22H15F2N3O2. The van der Waals surface area contributed by atoms with Crippen molar-refractivity contribution in [3.05, 3.63) is 106 Å². The lowest BCUT2D eigenvalue weighted by Gasteiger charge is -2.11. The van der Waals surface area contributed by atoms with Crippen molar-refractivity contribution < 1.29 is 13.6 Å². The third-order valence-corrected chi connectivity index (χ3v) is 4.44. The number of hydrogen-bond donors (Lipinski definition) is 1. The minimum absolute atomic E-state index is 0.0147. The van der Waals surface area contributed by atoms with E-state index in [1.54, 1.807) is 24.3 Å². The Labute approximate surface area is 164 Å². The molecule has 5 nitrogen and oxygen atoms in total. The summed E-state index contributed by atoms with van der Waals surface area (Å²) in [5, 5.41) is 7.48. The second-order valence-electron chi connectivity index (χ2n) is 6.43. The number of halogens is 2. The molecule has 144 valence electrons. The maximum atomic E-state index is 13.5. The first-order valence-electron chi connectivity index (χ1n) is 8.83. The number of fused-ring (bicyclic) bond motifs is 1. The van der Waals surface area contributed by atoms with Crippen molar-refractivity contribution in [1.29, 1.82) is 0 Å². The van der Waals surface area contributed by atoms with Crippen molar-refractivity contribution in [2.45, 2.75) is 6.54 Å². The van der Waals surface area contributed by atoms with E-state index in [1.165, 1.54) is 10.7 Å². The van der Waals surface area contributed by atoms with Gasteiger partial charge in [-0.2, -0.15) is 5.10 Å². The third kappa shape index (κ3) is 3.75. The smallest absolute Gasteiger partial charge is 0.276 e. The van der Waals surface area contributed by atoms with Crippen molar-refractivity contribution in [2.24, 2.45) is 0 Å². The first-order valence-corrected chi connectivity index (χ1v) is 8.83. The van der Waals surface area contributed by atoms with Crippen LogP contribution in [0.3, 0.4) is 0 Å². The van der Waals surface area contributed by atoms with Crippen LogP contribution in [0.15, 0.2) is 77.6 Å². The molecular weight excluding hydrogens is 376 g/mol. The highest BCUT2D eigenvalue weighted by Crippen LogP contribution is 2.18. The fourth-order valence-corrected chi connectivity index (χ4v) is 3.03. The minimum Gasteiger partial charge on any atom is -0.320 e. The van der Waals surface area contributed by atoms with Gasteiger partial charge in [0, 0.05) is 17.1 Å². The molecule has 1 aromatic heterocycles. The van der Waals surface area contributed by atoms with Crippen LogP contribution >= 0.6 is 0 Å². The van der Waals surface area contributed by atoms with Crippen molar-refractivity contribution in [3.8, 4) is 0 Å². The number of benzene rings is 3. The predicted molar refractivity (Wildman–Crippen MR) is 106 cm³/mol. The number of aromatic nitrogens is 2. The quantitative estimate of drug-likeness (QED) is 0.572. The van der Waals surface area contributed by atoms with Crippen LogP contribution in [0, 0.1) is 11.6 Å². The Morgan fingerprint density at radius 2 is 1.59 bits per heavy atom. The van der Waals surface area contributed by atoms with E-state index in [0.717, 1.165) is 17.7 Å². The van der Waals surface area contributed by atoms with Crippen molar-refractivity contribution in [2.75, 3.05) is 5.32 Å². The number of nitrogens with one attached hydrogen (secondary N) is 1. The Balaban J connectivity index is 1.78. The normalized spacial score (nSPS) is 10.8. The summed E-state index contributed by atoms with van der Waals surface area (Å²) in [4.78, 5) is 25.7. The molecule has 0 radical (unpaired) electrons. The molecule has 0 fully saturated rings. The van der Waals surface area contributed by atoms with Crippen molar-refractivity contribution in [3.63, 3.8) is 0 Å². The Hall–Kier alpha value is -3.87. The molecule has 0 saturated carbocycles. The van der Waals surface area contributed by atoms with Gasteiger partial charge in [-0.3, -0.25) is 9.59 Å². The molecule has 0 bridgehead atoms. The molecule has 0 saturated heterocycles. The molecule has 1 amide bonds. The average Bonchev–Trinajstić information content (AvgIpc) is 2.73. The van der Waals surface area contributed by atoms with Crippen LogP contribution in [0.25, 0.3) is 10.8 Å². The second kappa shape index (κ2) is 7.63. The van der Waals surface area contributed by atoms with Gasteiger partial charge in [-0.1, -0.05) is 48.5 Å². The van der Waals surface area contributed by atoms with Gasteiger partial charge in [-0.15, -0.1) is 0 Å². The number of carbonyl (C=O) groups is 1. The van der Waals surface area contributed by atoms with Crippen molar-refractivity contribution in [1.82, 2.24) is 9.78 Å². The summed E-state index contributed by atoms with van der Waals surface area (Å²) in [5.74, 6) is -2.72. The molecule has 0 aliphatic rings. The molecule has 0 atom stereocenters. The summed E-state index contributed by atoms with van der Waals surface area (Å²) in [6, 6.07) is 18.9. The van der Waals surface area contributed by atoms with Gasteiger partial charge in [0.25, 0.3) is 11.5 Å². The van der Waals surface area contributed by atoms with Crippen LogP contribution in [0.5, 0.6) is 0 Å². The summed E-state index contributed by atoms with van der Waals surface area (Å²) in [6.45, 7) is 0.190. The number of hydrogen-bond acceptors (Lipinski definition) is 3. The molecule has 0 aliphatic heterocycles. The number of nitrogens with zero attached hydrogens (tertiary/aromatic N) is 2. The largest absolute Gasteiger partial charge is 0.320 e. The van der Waals surface area contributed by atoms with Gasteiger partial charge in [-0.05, 0) is 23.8 Å². The molecule has 1 N–H and O–H groups in total. The lowest BCUT2D eigenvalue weighted by molar-refractivity contribution is 0.102. The van der Waals surface area contributed by atoms with E-state index in [2.05, 4.69) is 10.4 Å². The fraction of sp³-hybridized carbons (Fsp3) is 0.0455. The number of anilines is 1. The Bertz CT molecular complexity index is 1270. The molecule has 1 heterocycles. The average molecular weight is 391 g/mol. The molecule has 0 spiro atoms. The van der Waals surface area contributed by atoms with E-state index in [1.807, 2.05) is 30.3 Å². The standard InChI is InChI=1S/C22H15F2N3O2/c23-18-11-10-15(12-19(18)24)25-21(28)20-16-8-4-5-9-17(16)22(29)27(26-20)13-14-6-2-1-3-7-14/h1-12H,13H2,(H,25,28). The summed E-state index contributed by atoms with van der Waals surface area (Å²) < 4.78 is 27.8. The van der Waals surface area contributed by atoms with Gasteiger partial charge >= 0.3 is 0 Å². The van der Waals surface area contributed by atoms with E-state index < -0.39 is 17.5 Å². The number of carbonyl (C=O) groups excluding carboxylic acids is 1. The highest BCUT2D eigenvalue weighted by Gasteiger charge is 2.17. The first-order chi connectivity index (χ1) is 14.0. The zero-order chi connectivity index (χ0) is 20.4. The van der Waals surface area contributed by atoms with Gasteiger partial charge in [0.1, 0.15) is 0 Å². The summed E-state index contributed by atoms with van der Waals surface area (Å²) in [5.41, 5.74) is 0.625. The van der Waals surface area contributed by atoms with Crippen LogP contribution in [-0.2, 0) is 6.54 Å². The van der Waals surface area contributed by atoms with Crippen LogP contribution in [0.4, 0.5) is 14.5 Å². The maximum absolute atomic E-state index is 13.5. The topological polar surface area (TPSA) is 64.0 Å².